The van der Waals surface area contributed by atoms with Gasteiger partial charge in [0.25, 0.3) is 11.1 Å². The number of ether oxygens (including phenoxy) is 3. The summed E-state index contributed by atoms with van der Waals surface area (Å²) in [5, 5.41) is -0.315. The zero-order valence-corrected chi connectivity index (χ0v) is 21.2. The van der Waals surface area contributed by atoms with Crippen molar-refractivity contribution in [2.24, 2.45) is 0 Å². The van der Waals surface area contributed by atoms with Gasteiger partial charge in [-0.2, -0.15) is 0 Å². The van der Waals surface area contributed by atoms with E-state index in [0.29, 0.717) is 28.8 Å². The van der Waals surface area contributed by atoms with Gasteiger partial charge in [-0.1, -0.05) is 24.3 Å². The lowest BCUT2D eigenvalue weighted by atomic mass is 10.2. The maximum Gasteiger partial charge on any atom is 0.293 e. The van der Waals surface area contributed by atoms with Gasteiger partial charge in [0, 0.05) is 6.20 Å². The van der Waals surface area contributed by atoms with Crippen LogP contribution >= 0.6 is 34.4 Å². The van der Waals surface area contributed by atoms with E-state index < -0.39 is 0 Å². The second-order valence-corrected chi connectivity index (χ2v) is 9.29. The van der Waals surface area contributed by atoms with E-state index in [0.717, 1.165) is 26.6 Å². The number of para-hydroxylation sites is 1. The minimum atomic E-state index is -0.337. The number of carbonyl (C=O) groups is 2. The highest BCUT2D eigenvalue weighted by atomic mass is 127. The molecule has 4 rings (SSSR count). The highest BCUT2D eigenvalue weighted by Crippen LogP contribution is 2.37. The molecule has 0 saturated carbocycles. The van der Waals surface area contributed by atoms with Crippen LogP contribution in [0.2, 0.25) is 0 Å². The van der Waals surface area contributed by atoms with Crippen molar-refractivity contribution in [3.05, 3.63) is 86.6 Å². The summed E-state index contributed by atoms with van der Waals surface area (Å²) in [6.07, 6.45) is 3.40. The predicted molar refractivity (Wildman–Crippen MR) is 139 cm³/mol. The Balaban J connectivity index is 1.44. The molecule has 0 aliphatic carbocycles. The van der Waals surface area contributed by atoms with E-state index in [1.54, 1.807) is 25.4 Å². The largest absolute Gasteiger partial charge is 0.493 e. The first-order chi connectivity index (χ1) is 16.5. The maximum atomic E-state index is 12.8. The Morgan fingerprint density at radius 1 is 1.06 bits per heavy atom. The van der Waals surface area contributed by atoms with Gasteiger partial charge in [0.15, 0.2) is 11.5 Å². The molecule has 34 heavy (non-hydrogen) atoms. The molecule has 0 atom stereocenters. The molecule has 9 heteroatoms. The van der Waals surface area contributed by atoms with Crippen molar-refractivity contribution in [1.29, 1.82) is 0 Å². The summed E-state index contributed by atoms with van der Waals surface area (Å²) in [5.41, 5.74) is 1.53. The molecule has 2 amide bonds. The molecule has 3 aromatic rings. The number of nitrogens with zero attached hydrogens (tertiary/aromatic N) is 2. The van der Waals surface area contributed by atoms with Gasteiger partial charge in [0.05, 0.1) is 27.8 Å². The number of aromatic nitrogens is 1. The molecule has 2 aromatic carbocycles. The number of carbonyl (C=O) groups excluding carboxylic acids is 2. The quantitative estimate of drug-likeness (QED) is 0.245. The van der Waals surface area contributed by atoms with Crippen molar-refractivity contribution in [2.45, 2.75) is 6.61 Å². The molecule has 1 saturated heterocycles. The molecule has 174 valence electrons. The summed E-state index contributed by atoms with van der Waals surface area (Å²) >= 11 is 3.08. The molecule has 1 aromatic heterocycles. The fourth-order valence-electron chi connectivity index (χ4n) is 3.21. The van der Waals surface area contributed by atoms with Gasteiger partial charge in [-0.05, 0) is 82.4 Å². The highest BCUT2D eigenvalue weighted by molar-refractivity contribution is 14.1. The monoisotopic (exact) mass is 588 g/mol. The van der Waals surface area contributed by atoms with E-state index in [-0.39, 0.29) is 24.3 Å². The van der Waals surface area contributed by atoms with Gasteiger partial charge in [-0.15, -0.1) is 0 Å². The van der Waals surface area contributed by atoms with E-state index in [9.17, 15) is 9.59 Å². The van der Waals surface area contributed by atoms with Crippen LogP contribution in [0.5, 0.6) is 17.2 Å². The number of imide groups is 1. The van der Waals surface area contributed by atoms with Crippen LogP contribution in [0.4, 0.5) is 4.79 Å². The summed E-state index contributed by atoms with van der Waals surface area (Å²) in [6.45, 7) is 0.706. The Labute approximate surface area is 215 Å². The lowest BCUT2D eigenvalue weighted by Crippen LogP contribution is -2.32. The van der Waals surface area contributed by atoms with Crippen molar-refractivity contribution >= 4 is 51.6 Å². The standard InChI is InChI=1S/C25H21IN2O5S/c1-31-21-14-17(13-20(26)23(21)33-16-18-7-5-6-10-27-18)15-22-24(29)28(25(30)34-22)11-12-32-19-8-3-2-4-9-19/h2-10,13-15H,11-12,16H2,1H3/b22-15-. The molecule has 1 aliphatic rings. The number of amides is 2. The zero-order chi connectivity index (χ0) is 23.9. The number of benzene rings is 2. The summed E-state index contributed by atoms with van der Waals surface area (Å²) in [5.74, 6) is 1.48. The van der Waals surface area contributed by atoms with Crippen molar-refractivity contribution in [1.82, 2.24) is 9.88 Å². The molecular weight excluding hydrogens is 567 g/mol. The lowest BCUT2D eigenvalue weighted by Gasteiger charge is -2.14. The minimum absolute atomic E-state index is 0.179. The number of hydrogen-bond donors (Lipinski definition) is 0. The molecular formula is C25H21IN2O5S. The van der Waals surface area contributed by atoms with Gasteiger partial charge in [-0.3, -0.25) is 19.5 Å². The third kappa shape index (κ3) is 5.89. The van der Waals surface area contributed by atoms with Crippen LogP contribution in [0, 0.1) is 3.57 Å². The number of pyridine rings is 1. The molecule has 1 fully saturated rings. The molecule has 7 nitrogen and oxygen atoms in total. The van der Waals surface area contributed by atoms with E-state index in [4.69, 9.17) is 14.2 Å². The van der Waals surface area contributed by atoms with Crippen molar-refractivity contribution in [3.63, 3.8) is 0 Å². The second kappa shape index (κ2) is 11.4. The van der Waals surface area contributed by atoms with E-state index in [1.165, 1.54) is 4.90 Å². The van der Waals surface area contributed by atoms with Gasteiger partial charge in [0.2, 0.25) is 0 Å². The average Bonchev–Trinajstić information content (AvgIpc) is 3.11. The summed E-state index contributed by atoms with van der Waals surface area (Å²) in [7, 11) is 1.56. The first-order valence-electron chi connectivity index (χ1n) is 10.4. The van der Waals surface area contributed by atoms with Crippen molar-refractivity contribution < 1.29 is 23.8 Å². The molecule has 0 unspecified atom stereocenters. The first kappa shape index (κ1) is 24.1. The van der Waals surface area contributed by atoms with Crippen LogP contribution in [0.1, 0.15) is 11.3 Å². The summed E-state index contributed by atoms with van der Waals surface area (Å²) in [4.78, 5) is 31.0. The normalized spacial score (nSPS) is 14.5. The lowest BCUT2D eigenvalue weighted by molar-refractivity contribution is -0.123. The Hall–Kier alpha value is -3.05. The van der Waals surface area contributed by atoms with E-state index in [2.05, 4.69) is 27.6 Å². The molecule has 2 heterocycles. The number of hydrogen-bond acceptors (Lipinski definition) is 7. The van der Waals surface area contributed by atoms with Gasteiger partial charge < -0.3 is 14.2 Å². The number of rotatable bonds is 9. The van der Waals surface area contributed by atoms with Gasteiger partial charge >= 0.3 is 0 Å². The topological polar surface area (TPSA) is 78.0 Å². The smallest absolute Gasteiger partial charge is 0.293 e. The minimum Gasteiger partial charge on any atom is -0.493 e. The molecule has 0 bridgehead atoms. The number of methoxy groups -OCH3 is 1. The van der Waals surface area contributed by atoms with Gasteiger partial charge in [-0.25, -0.2) is 0 Å². The SMILES string of the molecule is COc1cc(/C=C2\SC(=O)N(CCOc3ccccc3)C2=O)cc(I)c1OCc1ccccn1. The average molecular weight is 588 g/mol. The Kier molecular flexibility index (Phi) is 8.07. The second-order valence-electron chi connectivity index (χ2n) is 7.14. The summed E-state index contributed by atoms with van der Waals surface area (Å²) in [6, 6.07) is 18.6. The van der Waals surface area contributed by atoms with Crippen LogP contribution in [-0.2, 0) is 11.4 Å². The van der Waals surface area contributed by atoms with Crippen molar-refractivity contribution in [2.75, 3.05) is 20.3 Å². The summed E-state index contributed by atoms with van der Waals surface area (Å²) < 4.78 is 17.9. The molecule has 0 spiro atoms. The Bertz CT molecular complexity index is 1200. The fraction of sp³-hybridized carbons (Fsp3) is 0.160. The van der Waals surface area contributed by atoms with Crippen LogP contribution in [0.3, 0.4) is 0 Å². The Morgan fingerprint density at radius 3 is 2.59 bits per heavy atom. The fourth-order valence-corrected chi connectivity index (χ4v) is 4.85. The van der Waals surface area contributed by atoms with Crippen LogP contribution < -0.4 is 14.2 Å². The molecule has 0 N–H and O–H groups in total. The first-order valence-corrected chi connectivity index (χ1v) is 12.3. The zero-order valence-electron chi connectivity index (χ0n) is 18.3. The van der Waals surface area contributed by atoms with Crippen molar-refractivity contribution in [3.8, 4) is 17.2 Å². The molecule has 0 radical (unpaired) electrons. The van der Waals surface area contributed by atoms with E-state index in [1.807, 2.05) is 54.6 Å². The van der Waals surface area contributed by atoms with Crippen LogP contribution in [-0.4, -0.2) is 41.3 Å². The predicted octanol–water partition coefficient (Wildman–Crippen LogP) is 5.39. The third-order valence-corrected chi connectivity index (χ3v) is 6.55. The van der Waals surface area contributed by atoms with E-state index >= 15 is 0 Å². The highest BCUT2D eigenvalue weighted by Gasteiger charge is 2.34. The number of halogens is 1. The van der Waals surface area contributed by atoms with Gasteiger partial charge in [0.1, 0.15) is 19.0 Å². The van der Waals surface area contributed by atoms with Crippen LogP contribution in [0.15, 0.2) is 71.8 Å². The van der Waals surface area contributed by atoms with Crippen LogP contribution in [0.25, 0.3) is 6.08 Å². The molecule has 1 aliphatic heterocycles. The maximum absolute atomic E-state index is 12.8. The Morgan fingerprint density at radius 2 is 1.85 bits per heavy atom. The third-order valence-electron chi connectivity index (χ3n) is 4.84. The number of thioether (sulfide) groups is 1.